The molecule has 10 heteroatoms. The monoisotopic (exact) mass is 413 g/mol. The van der Waals surface area contributed by atoms with Gasteiger partial charge >= 0.3 is 0 Å². The number of ether oxygens (including phenoxy) is 1. The van der Waals surface area contributed by atoms with E-state index in [9.17, 15) is 14.9 Å². The molecule has 0 aliphatic carbocycles. The van der Waals surface area contributed by atoms with Crippen LogP contribution in [0.4, 0.5) is 11.4 Å². The molecule has 150 valence electrons. The number of aromatic nitrogens is 3. The Labute approximate surface area is 171 Å². The first-order valence-electron chi connectivity index (χ1n) is 8.70. The number of hydrogen-bond acceptors (Lipinski definition) is 7. The summed E-state index contributed by atoms with van der Waals surface area (Å²) in [5.74, 6) is 1.18. The van der Waals surface area contributed by atoms with Crippen LogP contribution in [0.3, 0.4) is 0 Å². The summed E-state index contributed by atoms with van der Waals surface area (Å²) < 4.78 is 5.71. The highest BCUT2D eigenvalue weighted by molar-refractivity contribution is 7.99. The summed E-state index contributed by atoms with van der Waals surface area (Å²) >= 11 is 1.18. The topological polar surface area (TPSA) is 123 Å². The van der Waals surface area contributed by atoms with E-state index in [2.05, 4.69) is 20.5 Å². The standard InChI is InChI=1S/C19H19N5O4S/c1-12-5-3-4-6-16(12)28-10-17-21-19(23-22-17)29-11-18(25)20-15-8-7-14(24(26)27)9-13(15)2/h3-9H,10-11H2,1-2H3,(H,20,25)(H,21,22,23). The molecular weight excluding hydrogens is 394 g/mol. The lowest BCUT2D eigenvalue weighted by Gasteiger charge is -2.07. The number of anilines is 1. The Balaban J connectivity index is 1.50. The van der Waals surface area contributed by atoms with Crippen LogP contribution in [-0.4, -0.2) is 31.8 Å². The molecule has 29 heavy (non-hydrogen) atoms. The first kappa shape index (κ1) is 20.3. The van der Waals surface area contributed by atoms with Crippen LogP contribution in [0.2, 0.25) is 0 Å². The molecule has 0 saturated carbocycles. The zero-order chi connectivity index (χ0) is 20.8. The number of thioether (sulfide) groups is 1. The van der Waals surface area contributed by atoms with Crippen LogP contribution in [-0.2, 0) is 11.4 Å². The van der Waals surface area contributed by atoms with Crippen LogP contribution in [0.5, 0.6) is 5.75 Å². The van der Waals surface area contributed by atoms with Crippen molar-refractivity contribution in [2.45, 2.75) is 25.6 Å². The highest BCUT2D eigenvalue weighted by atomic mass is 32.2. The summed E-state index contributed by atoms with van der Waals surface area (Å²) in [6, 6.07) is 12.0. The molecule has 0 atom stereocenters. The van der Waals surface area contributed by atoms with E-state index in [-0.39, 0.29) is 24.0 Å². The minimum absolute atomic E-state index is 0.0176. The maximum absolute atomic E-state index is 12.2. The van der Waals surface area contributed by atoms with E-state index in [1.54, 1.807) is 6.92 Å². The number of para-hydroxylation sites is 1. The molecular formula is C19H19N5O4S. The number of aromatic amines is 1. The van der Waals surface area contributed by atoms with E-state index in [1.165, 1.54) is 30.0 Å². The second-order valence-electron chi connectivity index (χ2n) is 6.21. The van der Waals surface area contributed by atoms with Crippen LogP contribution in [0.25, 0.3) is 0 Å². The van der Waals surface area contributed by atoms with Crippen molar-refractivity contribution < 1.29 is 14.5 Å². The number of non-ortho nitro benzene ring substituents is 1. The average Bonchev–Trinajstić information content (AvgIpc) is 3.15. The molecule has 0 saturated heterocycles. The fraction of sp³-hybridized carbons (Fsp3) is 0.211. The Morgan fingerprint density at radius 3 is 2.76 bits per heavy atom. The molecule has 3 rings (SSSR count). The number of nitro benzene ring substituents is 1. The van der Waals surface area contributed by atoms with Gasteiger partial charge in [-0.05, 0) is 37.1 Å². The molecule has 0 radical (unpaired) electrons. The lowest BCUT2D eigenvalue weighted by molar-refractivity contribution is -0.384. The number of hydrogen-bond donors (Lipinski definition) is 2. The van der Waals surface area contributed by atoms with Crippen molar-refractivity contribution in [2.75, 3.05) is 11.1 Å². The number of nitrogens with one attached hydrogen (secondary N) is 2. The van der Waals surface area contributed by atoms with E-state index < -0.39 is 4.92 Å². The van der Waals surface area contributed by atoms with Gasteiger partial charge in [0.1, 0.15) is 12.4 Å². The molecule has 1 heterocycles. The molecule has 0 unspecified atom stereocenters. The van der Waals surface area contributed by atoms with Gasteiger partial charge in [0, 0.05) is 17.8 Å². The fourth-order valence-electron chi connectivity index (χ4n) is 2.49. The largest absolute Gasteiger partial charge is 0.485 e. The van der Waals surface area contributed by atoms with Crippen molar-refractivity contribution in [3.63, 3.8) is 0 Å². The summed E-state index contributed by atoms with van der Waals surface area (Å²) in [5.41, 5.74) is 2.16. The zero-order valence-corrected chi connectivity index (χ0v) is 16.7. The highest BCUT2D eigenvalue weighted by Gasteiger charge is 2.12. The van der Waals surface area contributed by atoms with Crippen LogP contribution in [0, 0.1) is 24.0 Å². The van der Waals surface area contributed by atoms with E-state index in [4.69, 9.17) is 4.74 Å². The number of H-pyrrole nitrogens is 1. The van der Waals surface area contributed by atoms with E-state index >= 15 is 0 Å². The average molecular weight is 413 g/mol. The molecule has 0 aliphatic rings. The second kappa shape index (κ2) is 9.20. The molecule has 0 bridgehead atoms. The van der Waals surface area contributed by atoms with E-state index in [1.807, 2.05) is 31.2 Å². The van der Waals surface area contributed by atoms with Gasteiger partial charge in [-0.1, -0.05) is 30.0 Å². The molecule has 0 spiro atoms. The summed E-state index contributed by atoms with van der Waals surface area (Å²) in [4.78, 5) is 26.8. The third kappa shape index (κ3) is 5.55. The van der Waals surface area contributed by atoms with Crippen LogP contribution >= 0.6 is 11.8 Å². The third-order valence-corrected chi connectivity index (χ3v) is 4.84. The van der Waals surface area contributed by atoms with Crippen molar-refractivity contribution >= 4 is 29.0 Å². The minimum atomic E-state index is -0.474. The first-order chi connectivity index (χ1) is 13.9. The Morgan fingerprint density at radius 2 is 2.03 bits per heavy atom. The number of aryl methyl sites for hydroxylation is 2. The molecule has 3 aromatic rings. The van der Waals surface area contributed by atoms with Gasteiger partial charge < -0.3 is 10.1 Å². The van der Waals surface area contributed by atoms with Gasteiger partial charge in [-0.2, -0.15) is 0 Å². The normalized spacial score (nSPS) is 10.6. The summed E-state index contributed by atoms with van der Waals surface area (Å²) in [6.07, 6.45) is 0. The third-order valence-electron chi connectivity index (χ3n) is 4.00. The number of nitro groups is 1. The van der Waals surface area contributed by atoms with Crippen LogP contribution < -0.4 is 10.1 Å². The van der Waals surface area contributed by atoms with E-state index in [0.717, 1.165) is 11.3 Å². The summed E-state index contributed by atoms with van der Waals surface area (Å²) in [5, 5.41) is 20.8. The molecule has 0 aliphatic heterocycles. The fourth-order valence-corrected chi connectivity index (χ4v) is 3.11. The van der Waals surface area contributed by atoms with Crippen molar-refractivity contribution in [2.24, 2.45) is 0 Å². The van der Waals surface area contributed by atoms with Gasteiger partial charge in [0.15, 0.2) is 5.82 Å². The lowest BCUT2D eigenvalue weighted by atomic mass is 10.2. The number of nitrogens with zero attached hydrogens (tertiary/aromatic N) is 3. The Kier molecular flexibility index (Phi) is 6.45. The maximum atomic E-state index is 12.2. The predicted octanol–water partition coefficient (Wildman–Crippen LogP) is 3.64. The van der Waals surface area contributed by atoms with Crippen molar-refractivity contribution in [1.82, 2.24) is 15.2 Å². The minimum Gasteiger partial charge on any atom is -0.485 e. The van der Waals surface area contributed by atoms with Crippen molar-refractivity contribution in [1.29, 1.82) is 0 Å². The van der Waals surface area contributed by atoms with Gasteiger partial charge in [0.25, 0.3) is 5.69 Å². The van der Waals surface area contributed by atoms with Crippen LogP contribution in [0.15, 0.2) is 47.6 Å². The Morgan fingerprint density at radius 1 is 1.24 bits per heavy atom. The van der Waals surface area contributed by atoms with Crippen LogP contribution in [0.1, 0.15) is 17.0 Å². The molecule has 2 aromatic carbocycles. The summed E-state index contributed by atoms with van der Waals surface area (Å²) in [7, 11) is 0. The molecule has 1 amide bonds. The number of amides is 1. The van der Waals surface area contributed by atoms with Gasteiger partial charge in [-0.25, -0.2) is 4.98 Å². The number of rotatable bonds is 8. The first-order valence-corrected chi connectivity index (χ1v) is 9.68. The van der Waals surface area contributed by atoms with Gasteiger partial charge in [0.05, 0.1) is 10.7 Å². The smallest absolute Gasteiger partial charge is 0.269 e. The SMILES string of the molecule is Cc1cc([N+](=O)[O-])ccc1NC(=O)CSc1n[nH]c(COc2ccccc2C)n1. The highest BCUT2D eigenvalue weighted by Crippen LogP contribution is 2.22. The Bertz CT molecular complexity index is 1040. The molecule has 0 fully saturated rings. The Hall–Kier alpha value is -3.40. The predicted molar refractivity (Wildman–Crippen MR) is 109 cm³/mol. The zero-order valence-electron chi connectivity index (χ0n) is 15.8. The second-order valence-corrected chi connectivity index (χ2v) is 7.15. The number of carbonyl (C=O) groups is 1. The van der Waals surface area contributed by atoms with Gasteiger partial charge in [-0.3, -0.25) is 20.0 Å². The number of benzene rings is 2. The van der Waals surface area contributed by atoms with E-state index in [0.29, 0.717) is 22.2 Å². The lowest BCUT2D eigenvalue weighted by Crippen LogP contribution is -2.15. The molecule has 1 aromatic heterocycles. The maximum Gasteiger partial charge on any atom is 0.269 e. The molecule has 2 N–H and O–H groups in total. The van der Waals surface area contributed by atoms with Crippen molar-refractivity contribution in [3.05, 3.63) is 69.5 Å². The molecule has 9 nitrogen and oxygen atoms in total. The summed E-state index contributed by atoms with van der Waals surface area (Å²) in [6.45, 7) is 3.90. The number of carbonyl (C=O) groups excluding carboxylic acids is 1. The quantitative estimate of drug-likeness (QED) is 0.328. The van der Waals surface area contributed by atoms with Crippen molar-refractivity contribution in [3.8, 4) is 5.75 Å². The van der Waals surface area contributed by atoms with Gasteiger partial charge in [-0.15, -0.1) is 5.10 Å². The van der Waals surface area contributed by atoms with Gasteiger partial charge in [0.2, 0.25) is 11.1 Å².